The van der Waals surface area contributed by atoms with E-state index < -0.39 is 0 Å². The zero-order chi connectivity index (χ0) is 12.3. The average molecular weight is 263 g/mol. The zero-order valence-electron chi connectivity index (χ0n) is 9.43. The van der Waals surface area contributed by atoms with Crippen molar-refractivity contribution in [2.45, 2.75) is 13.5 Å². The molecule has 0 aliphatic rings. The minimum Gasteiger partial charge on any atom is -0.389 e. The van der Waals surface area contributed by atoms with Gasteiger partial charge in [0.05, 0.1) is 17.7 Å². The van der Waals surface area contributed by atoms with Gasteiger partial charge in [-0.15, -0.1) is 11.3 Å². The molecule has 0 saturated heterocycles. The van der Waals surface area contributed by atoms with Crippen molar-refractivity contribution in [2.75, 3.05) is 5.32 Å². The Morgan fingerprint density at radius 2 is 2.24 bits per heavy atom. The summed E-state index contributed by atoms with van der Waals surface area (Å²) in [7, 11) is 0. The number of thiocarbonyl (C=S) groups is 1. The smallest absolute Gasteiger partial charge is 0.106 e. The van der Waals surface area contributed by atoms with Crippen LogP contribution in [-0.2, 0) is 6.54 Å². The van der Waals surface area contributed by atoms with E-state index in [9.17, 15) is 0 Å². The lowest BCUT2D eigenvalue weighted by Crippen LogP contribution is -2.13. The van der Waals surface area contributed by atoms with Gasteiger partial charge in [0.25, 0.3) is 0 Å². The number of para-hydroxylation sites is 1. The summed E-state index contributed by atoms with van der Waals surface area (Å²) in [5.74, 6) is 0. The van der Waals surface area contributed by atoms with E-state index in [4.69, 9.17) is 18.0 Å². The highest BCUT2D eigenvalue weighted by Gasteiger charge is 2.05. The van der Waals surface area contributed by atoms with Crippen molar-refractivity contribution in [3.8, 4) is 0 Å². The first-order chi connectivity index (χ1) is 8.18. The number of hydrogen-bond donors (Lipinski definition) is 2. The van der Waals surface area contributed by atoms with Gasteiger partial charge in [0, 0.05) is 16.1 Å². The first kappa shape index (κ1) is 12.0. The molecule has 3 nitrogen and oxygen atoms in total. The van der Waals surface area contributed by atoms with E-state index >= 15 is 0 Å². The molecular weight excluding hydrogens is 250 g/mol. The summed E-state index contributed by atoms with van der Waals surface area (Å²) in [6, 6.07) is 7.79. The predicted octanol–water partition coefficient (Wildman–Crippen LogP) is 2.70. The lowest BCUT2D eigenvalue weighted by atomic mass is 10.2. The Hall–Kier alpha value is -1.46. The number of aromatic nitrogens is 1. The number of benzene rings is 1. The Morgan fingerprint density at radius 1 is 1.47 bits per heavy atom. The Morgan fingerprint density at radius 3 is 2.88 bits per heavy atom. The number of rotatable bonds is 4. The fourth-order valence-corrected chi connectivity index (χ4v) is 2.42. The highest BCUT2D eigenvalue weighted by molar-refractivity contribution is 7.80. The molecule has 1 aromatic carbocycles. The molecule has 2 rings (SSSR count). The molecule has 0 unspecified atom stereocenters. The van der Waals surface area contributed by atoms with Gasteiger partial charge in [-0.1, -0.05) is 24.4 Å². The van der Waals surface area contributed by atoms with Crippen molar-refractivity contribution in [2.24, 2.45) is 5.73 Å². The van der Waals surface area contributed by atoms with Crippen LogP contribution in [0.3, 0.4) is 0 Å². The van der Waals surface area contributed by atoms with Crippen LogP contribution in [0.15, 0.2) is 29.8 Å². The van der Waals surface area contributed by atoms with Crippen molar-refractivity contribution < 1.29 is 0 Å². The quantitative estimate of drug-likeness (QED) is 0.833. The molecule has 0 aliphatic carbocycles. The molecule has 0 amide bonds. The minimum absolute atomic E-state index is 0.411. The zero-order valence-corrected chi connectivity index (χ0v) is 11.1. The van der Waals surface area contributed by atoms with Gasteiger partial charge in [-0.3, -0.25) is 0 Å². The highest BCUT2D eigenvalue weighted by atomic mass is 32.1. The van der Waals surface area contributed by atoms with Crippen LogP contribution in [-0.4, -0.2) is 9.97 Å². The van der Waals surface area contributed by atoms with Crippen LogP contribution in [0.4, 0.5) is 5.69 Å². The fraction of sp³-hybridized carbons (Fsp3) is 0.167. The Kier molecular flexibility index (Phi) is 3.71. The van der Waals surface area contributed by atoms with E-state index in [1.165, 1.54) is 4.88 Å². The number of anilines is 1. The third kappa shape index (κ3) is 2.81. The van der Waals surface area contributed by atoms with Crippen LogP contribution in [0, 0.1) is 6.92 Å². The number of nitrogens with zero attached hydrogens (tertiary/aromatic N) is 1. The van der Waals surface area contributed by atoms with E-state index in [-0.39, 0.29) is 0 Å². The molecule has 0 bridgehead atoms. The molecule has 88 valence electrons. The van der Waals surface area contributed by atoms with Gasteiger partial charge in [-0.25, -0.2) is 4.98 Å². The van der Waals surface area contributed by atoms with E-state index in [2.05, 4.69) is 10.3 Å². The molecule has 3 N–H and O–H groups in total. The van der Waals surface area contributed by atoms with Gasteiger partial charge in [0.15, 0.2) is 0 Å². The summed E-state index contributed by atoms with van der Waals surface area (Å²) in [6.45, 7) is 2.75. The molecule has 5 heteroatoms. The molecular formula is C12H13N3S2. The number of aryl methyl sites for hydroxylation is 1. The maximum absolute atomic E-state index is 5.68. The SMILES string of the molecule is Cc1ncsc1CNc1ccccc1C(N)=S. The molecule has 0 fully saturated rings. The van der Waals surface area contributed by atoms with Crippen LogP contribution in [0.5, 0.6) is 0 Å². The van der Waals surface area contributed by atoms with Crippen molar-refractivity contribution in [1.29, 1.82) is 0 Å². The molecule has 0 spiro atoms. The standard InChI is InChI=1S/C12H13N3S2/c1-8-11(17-7-15-8)6-14-10-5-3-2-4-9(10)12(13)16/h2-5,7,14H,6H2,1H3,(H2,13,16). The van der Waals surface area contributed by atoms with Gasteiger partial charge in [-0.2, -0.15) is 0 Å². The van der Waals surface area contributed by atoms with Crippen molar-refractivity contribution in [3.63, 3.8) is 0 Å². The monoisotopic (exact) mass is 263 g/mol. The van der Waals surface area contributed by atoms with Gasteiger partial charge < -0.3 is 11.1 Å². The minimum atomic E-state index is 0.411. The summed E-state index contributed by atoms with van der Waals surface area (Å²) < 4.78 is 0. The first-order valence-corrected chi connectivity index (χ1v) is 6.49. The van der Waals surface area contributed by atoms with E-state index in [1.54, 1.807) is 11.3 Å². The van der Waals surface area contributed by atoms with Gasteiger partial charge in [0.1, 0.15) is 4.99 Å². The van der Waals surface area contributed by atoms with Gasteiger partial charge in [0.2, 0.25) is 0 Å². The van der Waals surface area contributed by atoms with E-state index in [0.717, 1.165) is 23.5 Å². The number of hydrogen-bond acceptors (Lipinski definition) is 4. The normalized spacial score (nSPS) is 10.2. The second-order valence-corrected chi connectivity index (χ2v) is 5.00. The summed E-state index contributed by atoms with van der Waals surface area (Å²) in [4.78, 5) is 5.85. The van der Waals surface area contributed by atoms with Crippen molar-refractivity contribution in [1.82, 2.24) is 4.98 Å². The molecule has 0 radical (unpaired) electrons. The predicted molar refractivity (Wildman–Crippen MR) is 76.5 cm³/mol. The topological polar surface area (TPSA) is 50.9 Å². The van der Waals surface area contributed by atoms with Crippen LogP contribution in [0.25, 0.3) is 0 Å². The average Bonchev–Trinajstić information content (AvgIpc) is 2.72. The number of thiazole rings is 1. The maximum atomic E-state index is 5.68. The number of nitrogens with one attached hydrogen (secondary N) is 1. The highest BCUT2D eigenvalue weighted by Crippen LogP contribution is 2.18. The molecule has 1 aromatic heterocycles. The molecule has 0 saturated carbocycles. The lowest BCUT2D eigenvalue weighted by molar-refractivity contribution is 1.12. The summed E-state index contributed by atoms with van der Waals surface area (Å²) in [5.41, 5.74) is 10.4. The van der Waals surface area contributed by atoms with E-state index in [0.29, 0.717) is 4.99 Å². The van der Waals surface area contributed by atoms with Crippen LogP contribution >= 0.6 is 23.6 Å². The number of nitrogens with two attached hydrogens (primary N) is 1. The van der Waals surface area contributed by atoms with Gasteiger partial charge in [-0.05, 0) is 19.1 Å². The summed E-state index contributed by atoms with van der Waals surface area (Å²) >= 11 is 6.66. The molecule has 2 aromatic rings. The van der Waals surface area contributed by atoms with Crippen LogP contribution in [0.1, 0.15) is 16.1 Å². The molecule has 0 aliphatic heterocycles. The Bertz CT molecular complexity index is 534. The van der Waals surface area contributed by atoms with E-state index in [1.807, 2.05) is 36.7 Å². The second-order valence-electron chi connectivity index (χ2n) is 3.62. The van der Waals surface area contributed by atoms with Crippen molar-refractivity contribution in [3.05, 3.63) is 45.9 Å². The third-order valence-electron chi connectivity index (χ3n) is 2.48. The third-order valence-corrected chi connectivity index (χ3v) is 3.63. The summed E-state index contributed by atoms with van der Waals surface area (Å²) in [6.07, 6.45) is 0. The lowest BCUT2D eigenvalue weighted by Gasteiger charge is -2.10. The maximum Gasteiger partial charge on any atom is 0.106 e. The largest absolute Gasteiger partial charge is 0.389 e. The van der Waals surface area contributed by atoms with Gasteiger partial charge >= 0.3 is 0 Å². The second kappa shape index (κ2) is 5.25. The van der Waals surface area contributed by atoms with Crippen molar-refractivity contribution >= 4 is 34.2 Å². The Labute approximate surface area is 110 Å². The van der Waals surface area contributed by atoms with Crippen LogP contribution in [0.2, 0.25) is 0 Å². The molecule has 0 atom stereocenters. The molecule has 1 heterocycles. The Balaban J connectivity index is 2.14. The first-order valence-electron chi connectivity index (χ1n) is 5.20. The summed E-state index contributed by atoms with van der Waals surface area (Å²) in [5, 5.41) is 3.34. The van der Waals surface area contributed by atoms with Crippen LogP contribution < -0.4 is 11.1 Å². The molecule has 17 heavy (non-hydrogen) atoms. The fourth-order valence-electron chi connectivity index (χ4n) is 1.52.